The second-order valence-electron chi connectivity index (χ2n) is 4.84. The van der Waals surface area contributed by atoms with Crippen molar-refractivity contribution in [1.82, 2.24) is 19.7 Å². The molecule has 0 saturated carbocycles. The molecule has 1 fully saturated rings. The van der Waals surface area contributed by atoms with Gasteiger partial charge in [0, 0.05) is 36.0 Å². The second-order valence-corrected chi connectivity index (χ2v) is 5.75. The number of carbonyl (C=O) groups is 1. The zero-order valence-electron chi connectivity index (χ0n) is 10.6. The largest absolute Gasteiger partial charge is 0.356 e. The van der Waals surface area contributed by atoms with Crippen molar-refractivity contribution in [1.29, 1.82) is 0 Å². The molecule has 0 bridgehead atoms. The average Bonchev–Trinajstić information content (AvgIpc) is 3.07. The van der Waals surface area contributed by atoms with E-state index in [9.17, 15) is 4.79 Å². The first-order valence-corrected chi connectivity index (χ1v) is 7.08. The van der Waals surface area contributed by atoms with Gasteiger partial charge in [0.1, 0.15) is 5.69 Å². The standard InChI is InChI=1S/C13H15BrN4O/c1-17-8-9(6-16-17)12-3-2-4-18(12)13(19)11-5-10(14)7-15-11/h5-8,12,15H,2-4H2,1H3/t12-/m1/s1. The Morgan fingerprint density at radius 2 is 2.42 bits per heavy atom. The lowest BCUT2D eigenvalue weighted by atomic mass is 10.1. The number of aromatic nitrogens is 3. The summed E-state index contributed by atoms with van der Waals surface area (Å²) >= 11 is 3.36. The molecule has 1 atom stereocenters. The molecule has 0 aliphatic carbocycles. The Kier molecular flexibility index (Phi) is 3.18. The van der Waals surface area contributed by atoms with Crippen LogP contribution >= 0.6 is 15.9 Å². The summed E-state index contributed by atoms with van der Waals surface area (Å²) in [6.45, 7) is 0.801. The van der Waals surface area contributed by atoms with Gasteiger partial charge < -0.3 is 9.88 Å². The highest BCUT2D eigenvalue weighted by molar-refractivity contribution is 9.10. The Bertz CT molecular complexity index is 603. The molecule has 0 aromatic carbocycles. The van der Waals surface area contributed by atoms with E-state index in [2.05, 4.69) is 26.0 Å². The van der Waals surface area contributed by atoms with Gasteiger partial charge in [-0.2, -0.15) is 5.10 Å². The fraction of sp³-hybridized carbons (Fsp3) is 0.385. The molecule has 1 amide bonds. The molecule has 100 valence electrons. The summed E-state index contributed by atoms with van der Waals surface area (Å²) in [6.07, 6.45) is 7.65. The van der Waals surface area contributed by atoms with Crippen LogP contribution in [0.25, 0.3) is 0 Å². The van der Waals surface area contributed by atoms with Gasteiger partial charge in [-0.05, 0) is 34.8 Å². The third-order valence-electron chi connectivity index (χ3n) is 3.50. The molecule has 2 aromatic heterocycles. The zero-order chi connectivity index (χ0) is 13.4. The topological polar surface area (TPSA) is 53.9 Å². The van der Waals surface area contributed by atoms with Crippen LogP contribution in [0.2, 0.25) is 0 Å². The van der Waals surface area contributed by atoms with Crippen molar-refractivity contribution in [3.63, 3.8) is 0 Å². The van der Waals surface area contributed by atoms with Crippen LogP contribution in [0.5, 0.6) is 0 Å². The monoisotopic (exact) mass is 322 g/mol. The van der Waals surface area contributed by atoms with Gasteiger partial charge in [-0.15, -0.1) is 0 Å². The van der Waals surface area contributed by atoms with Gasteiger partial charge in [0.15, 0.2) is 0 Å². The number of carbonyl (C=O) groups excluding carboxylic acids is 1. The van der Waals surface area contributed by atoms with Crippen LogP contribution in [0, 0.1) is 0 Å². The third-order valence-corrected chi connectivity index (χ3v) is 3.96. The van der Waals surface area contributed by atoms with Crippen molar-refractivity contribution in [3.05, 3.63) is 40.4 Å². The Balaban J connectivity index is 1.85. The predicted octanol–water partition coefficient (Wildman–Crippen LogP) is 2.49. The van der Waals surface area contributed by atoms with Gasteiger partial charge in [0.25, 0.3) is 5.91 Å². The lowest BCUT2D eigenvalue weighted by Crippen LogP contribution is -2.30. The van der Waals surface area contributed by atoms with Crippen molar-refractivity contribution in [2.45, 2.75) is 18.9 Å². The van der Waals surface area contributed by atoms with E-state index in [4.69, 9.17) is 0 Å². The minimum absolute atomic E-state index is 0.0528. The number of aryl methyl sites for hydroxylation is 1. The number of amides is 1. The fourth-order valence-electron chi connectivity index (χ4n) is 2.61. The molecule has 19 heavy (non-hydrogen) atoms. The van der Waals surface area contributed by atoms with Crippen molar-refractivity contribution in [3.8, 4) is 0 Å². The van der Waals surface area contributed by atoms with Gasteiger partial charge in [0.05, 0.1) is 12.2 Å². The summed E-state index contributed by atoms with van der Waals surface area (Å²) in [4.78, 5) is 17.4. The van der Waals surface area contributed by atoms with E-state index in [1.807, 2.05) is 30.4 Å². The van der Waals surface area contributed by atoms with Crippen LogP contribution < -0.4 is 0 Å². The number of likely N-dealkylation sites (tertiary alicyclic amines) is 1. The van der Waals surface area contributed by atoms with Crippen molar-refractivity contribution in [2.24, 2.45) is 7.05 Å². The maximum absolute atomic E-state index is 12.5. The summed E-state index contributed by atoms with van der Waals surface area (Å²) < 4.78 is 2.68. The van der Waals surface area contributed by atoms with Gasteiger partial charge in [-0.1, -0.05) is 0 Å². The molecule has 0 unspecified atom stereocenters. The first-order valence-electron chi connectivity index (χ1n) is 6.28. The number of hydrogen-bond acceptors (Lipinski definition) is 2. The summed E-state index contributed by atoms with van der Waals surface area (Å²) in [7, 11) is 1.90. The Morgan fingerprint density at radius 1 is 1.58 bits per heavy atom. The Morgan fingerprint density at radius 3 is 3.05 bits per heavy atom. The number of aromatic amines is 1. The van der Waals surface area contributed by atoms with E-state index >= 15 is 0 Å². The van der Waals surface area contributed by atoms with Crippen molar-refractivity contribution >= 4 is 21.8 Å². The predicted molar refractivity (Wildman–Crippen MR) is 74.7 cm³/mol. The van der Waals surface area contributed by atoms with Gasteiger partial charge in [0.2, 0.25) is 0 Å². The van der Waals surface area contributed by atoms with E-state index in [0.29, 0.717) is 5.69 Å². The van der Waals surface area contributed by atoms with Crippen LogP contribution in [0.4, 0.5) is 0 Å². The number of nitrogens with zero attached hydrogens (tertiary/aromatic N) is 3. The molecule has 0 spiro atoms. The second kappa shape index (κ2) is 4.85. The summed E-state index contributed by atoms with van der Waals surface area (Å²) in [5, 5.41) is 4.20. The lowest BCUT2D eigenvalue weighted by molar-refractivity contribution is 0.0730. The van der Waals surface area contributed by atoms with E-state index in [0.717, 1.165) is 29.4 Å². The molecular weight excluding hydrogens is 308 g/mol. The van der Waals surface area contributed by atoms with Crippen LogP contribution in [0.1, 0.15) is 34.9 Å². The van der Waals surface area contributed by atoms with Crippen LogP contribution in [-0.2, 0) is 7.05 Å². The lowest BCUT2D eigenvalue weighted by Gasteiger charge is -2.23. The van der Waals surface area contributed by atoms with Crippen molar-refractivity contribution < 1.29 is 4.79 Å². The van der Waals surface area contributed by atoms with E-state index < -0.39 is 0 Å². The maximum atomic E-state index is 12.5. The van der Waals surface area contributed by atoms with Crippen LogP contribution in [0.15, 0.2) is 29.1 Å². The molecule has 3 rings (SSSR count). The quantitative estimate of drug-likeness (QED) is 0.923. The SMILES string of the molecule is Cn1cc([C@H]2CCCN2C(=O)c2cc(Br)c[nH]2)cn1. The smallest absolute Gasteiger partial charge is 0.270 e. The minimum Gasteiger partial charge on any atom is -0.356 e. The molecule has 1 aliphatic rings. The van der Waals surface area contributed by atoms with Crippen LogP contribution in [0.3, 0.4) is 0 Å². The molecule has 5 nitrogen and oxygen atoms in total. The van der Waals surface area contributed by atoms with Gasteiger partial charge in [-0.3, -0.25) is 9.48 Å². The molecule has 0 radical (unpaired) electrons. The molecular formula is C13H15BrN4O. The number of hydrogen-bond donors (Lipinski definition) is 1. The van der Waals surface area contributed by atoms with E-state index in [1.165, 1.54) is 0 Å². The van der Waals surface area contributed by atoms with Gasteiger partial charge in [-0.25, -0.2) is 0 Å². The first kappa shape index (κ1) is 12.5. The minimum atomic E-state index is 0.0528. The number of nitrogens with one attached hydrogen (secondary N) is 1. The van der Waals surface area contributed by atoms with Crippen molar-refractivity contribution in [2.75, 3.05) is 6.54 Å². The molecule has 1 N–H and O–H groups in total. The number of halogens is 1. The Hall–Kier alpha value is -1.56. The average molecular weight is 323 g/mol. The summed E-state index contributed by atoms with van der Waals surface area (Å²) in [5.74, 6) is 0.0528. The highest BCUT2D eigenvalue weighted by Crippen LogP contribution is 2.32. The highest BCUT2D eigenvalue weighted by atomic mass is 79.9. The highest BCUT2D eigenvalue weighted by Gasteiger charge is 2.31. The van der Waals surface area contributed by atoms with E-state index in [1.54, 1.807) is 10.9 Å². The van der Waals surface area contributed by atoms with E-state index in [-0.39, 0.29) is 11.9 Å². The summed E-state index contributed by atoms with van der Waals surface area (Å²) in [5.41, 5.74) is 1.74. The van der Waals surface area contributed by atoms with Crippen LogP contribution in [-0.4, -0.2) is 32.1 Å². The molecule has 2 aromatic rings. The molecule has 1 aliphatic heterocycles. The fourth-order valence-corrected chi connectivity index (χ4v) is 2.96. The number of rotatable bonds is 2. The maximum Gasteiger partial charge on any atom is 0.270 e. The Labute approximate surface area is 119 Å². The normalized spacial score (nSPS) is 19.1. The third kappa shape index (κ3) is 2.32. The zero-order valence-corrected chi connectivity index (χ0v) is 12.2. The number of H-pyrrole nitrogens is 1. The molecule has 3 heterocycles. The summed E-state index contributed by atoms with van der Waals surface area (Å²) in [6, 6.07) is 1.96. The molecule has 1 saturated heterocycles. The van der Waals surface area contributed by atoms with Gasteiger partial charge >= 0.3 is 0 Å². The molecule has 6 heteroatoms. The first-order chi connectivity index (χ1) is 9.15.